The normalized spacial score (nSPS) is 13.9. The van der Waals surface area contributed by atoms with Crippen LogP contribution in [0.15, 0.2) is 59.7 Å². The molecular formula is C16H10N8. The summed E-state index contributed by atoms with van der Waals surface area (Å²) < 4.78 is 1.31. The molecule has 1 aliphatic rings. The minimum Gasteiger partial charge on any atom is -0.278 e. The quantitative estimate of drug-likeness (QED) is 0.499. The van der Waals surface area contributed by atoms with Crippen LogP contribution >= 0.6 is 0 Å². The second kappa shape index (κ2) is 4.92. The number of fused-ring (bicyclic) bond motifs is 4. The van der Waals surface area contributed by atoms with E-state index < -0.39 is 0 Å². The Hall–Kier alpha value is -3.68. The summed E-state index contributed by atoms with van der Waals surface area (Å²) in [5.41, 5.74) is 8.01. The van der Waals surface area contributed by atoms with Gasteiger partial charge in [-0.2, -0.15) is 5.10 Å². The average Bonchev–Trinajstić information content (AvgIpc) is 3.21. The molecule has 0 saturated heterocycles. The number of rotatable bonds is 2. The minimum absolute atomic E-state index is 0.362. The molecule has 1 aliphatic carbocycles. The number of hydrazone groups is 1. The number of para-hydroxylation sites is 1. The molecule has 0 saturated carbocycles. The van der Waals surface area contributed by atoms with Crippen LogP contribution in [0, 0.1) is 0 Å². The van der Waals surface area contributed by atoms with E-state index in [0.717, 1.165) is 22.5 Å². The molecule has 8 nitrogen and oxygen atoms in total. The first-order valence-corrected chi connectivity index (χ1v) is 7.35. The fourth-order valence-corrected chi connectivity index (χ4v) is 2.72. The molecule has 0 fully saturated rings. The molecule has 1 N–H and O–H groups in total. The van der Waals surface area contributed by atoms with Crippen molar-refractivity contribution >= 4 is 17.2 Å². The SMILES string of the molecule is c1ccc(N/N=C2/c3ccccc3-c3nc4nnnn4nc32)cc1. The molecule has 0 atom stereocenters. The van der Waals surface area contributed by atoms with Crippen molar-refractivity contribution in [3.8, 4) is 11.3 Å². The third kappa shape index (κ3) is 1.86. The van der Waals surface area contributed by atoms with E-state index in [1.54, 1.807) is 0 Å². The van der Waals surface area contributed by atoms with Crippen LogP contribution in [0.25, 0.3) is 17.0 Å². The number of anilines is 1. The zero-order chi connectivity index (χ0) is 15.9. The molecule has 5 rings (SSSR count). The molecule has 0 amide bonds. The Bertz CT molecular complexity index is 1080. The molecule has 0 aliphatic heterocycles. The smallest absolute Gasteiger partial charge is 0.278 e. The first kappa shape index (κ1) is 12.8. The van der Waals surface area contributed by atoms with E-state index in [1.807, 2.05) is 54.6 Å². The standard InChI is InChI=1S/C16H10N8/c1-2-6-10(7-3-1)18-19-14-12-9-5-4-8-11(12)13-15(14)21-24-16(17-13)20-22-23-24/h1-9,18H/b19-14-. The van der Waals surface area contributed by atoms with Crippen molar-refractivity contribution in [2.24, 2.45) is 5.10 Å². The second-order valence-electron chi connectivity index (χ2n) is 5.26. The first-order chi connectivity index (χ1) is 11.9. The average molecular weight is 314 g/mol. The van der Waals surface area contributed by atoms with Crippen LogP contribution in [-0.4, -0.2) is 35.9 Å². The van der Waals surface area contributed by atoms with Gasteiger partial charge in [0.15, 0.2) is 0 Å². The topological polar surface area (TPSA) is 93.2 Å². The maximum Gasteiger partial charge on any atom is 0.291 e. The van der Waals surface area contributed by atoms with Gasteiger partial charge >= 0.3 is 0 Å². The maximum absolute atomic E-state index is 4.55. The predicted octanol–water partition coefficient (Wildman–Crippen LogP) is 1.76. The zero-order valence-electron chi connectivity index (χ0n) is 12.3. The van der Waals surface area contributed by atoms with Crippen molar-refractivity contribution in [1.82, 2.24) is 30.2 Å². The fraction of sp³-hybridized carbons (Fsp3) is 0. The molecule has 24 heavy (non-hydrogen) atoms. The van der Waals surface area contributed by atoms with Gasteiger partial charge in [-0.25, -0.2) is 4.98 Å². The van der Waals surface area contributed by atoms with Gasteiger partial charge in [-0.1, -0.05) is 52.2 Å². The van der Waals surface area contributed by atoms with Crippen LogP contribution < -0.4 is 5.43 Å². The lowest BCUT2D eigenvalue weighted by Crippen LogP contribution is -2.09. The number of benzene rings is 2. The largest absolute Gasteiger partial charge is 0.291 e. The predicted molar refractivity (Wildman–Crippen MR) is 87.5 cm³/mol. The van der Waals surface area contributed by atoms with Crippen molar-refractivity contribution in [1.29, 1.82) is 0 Å². The first-order valence-electron chi connectivity index (χ1n) is 7.35. The Balaban J connectivity index is 1.70. The Kier molecular flexibility index (Phi) is 2.63. The number of aromatic nitrogens is 6. The summed E-state index contributed by atoms with van der Waals surface area (Å²) in [6.07, 6.45) is 0. The number of hydrogen-bond donors (Lipinski definition) is 1. The Morgan fingerprint density at radius 2 is 1.67 bits per heavy atom. The van der Waals surface area contributed by atoms with E-state index in [-0.39, 0.29) is 0 Å². The number of hydrogen-bond acceptors (Lipinski definition) is 7. The van der Waals surface area contributed by atoms with E-state index in [4.69, 9.17) is 0 Å². The molecule has 0 bridgehead atoms. The lowest BCUT2D eigenvalue weighted by atomic mass is 10.1. The molecule has 0 unspecified atom stereocenters. The van der Waals surface area contributed by atoms with E-state index in [9.17, 15) is 0 Å². The van der Waals surface area contributed by atoms with Gasteiger partial charge < -0.3 is 0 Å². The van der Waals surface area contributed by atoms with Crippen molar-refractivity contribution in [2.75, 3.05) is 5.43 Å². The van der Waals surface area contributed by atoms with Crippen molar-refractivity contribution in [3.63, 3.8) is 0 Å². The lowest BCUT2D eigenvalue weighted by Gasteiger charge is -2.03. The molecule has 0 radical (unpaired) electrons. The van der Waals surface area contributed by atoms with Crippen LogP contribution in [0.4, 0.5) is 5.69 Å². The summed E-state index contributed by atoms with van der Waals surface area (Å²) in [5.74, 6) is 0.362. The monoisotopic (exact) mass is 314 g/mol. The summed E-state index contributed by atoms with van der Waals surface area (Å²) in [6.45, 7) is 0. The Labute approximate surface area is 135 Å². The highest BCUT2D eigenvalue weighted by molar-refractivity contribution is 6.22. The highest BCUT2D eigenvalue weighted by atomic mass is 15.6. The fourth-order valence-electron chi connectivity index (χ4n) is 2.72. The van der Waals surface area contributed by atoms with Crippen molar-refractivity contribution < 1.29 is 0 Å². The second-order valence-corrected chi connectivity index (χ2v) is 5.26. The number of tetrazole rings is 1. The third-order valence-corrected chi connectivity index (χ3v) is 3.80. The minimum atomic E-state index is 0.362. The summed E-state index contributed by atoms with van der Waals surface area (Å²) in [7, 11) is 0. The Morgan fingerprint density at radius 3 is 2.54 bits per heavy atom. The summed E-state index contributed by atoms with van der Waals surface area (Å²) in [6, 6.07) is 17.7. The lowest BCUT2D eigenvalue weighted by molar-refractivity contribution is 0.724. The maximum atomic E-state index is 4.55. The molecular weight excluding hydrogens is 304 g/mol. The van der Waals surface area contributed by atoms with Gasteiger partial charge in [0.05, 0.1) is 5.69 Å². The van der Waals surface area contributed by atoms with Crippen LogP contribution in [0.3, 0.4) is 0 Å². The van der Waals surface area contributed by atoms with Crippen molar-refractivity contribution in [3.05, 3.63) is 65.9 Å². The van der Waals surface area contributed by atoms with E-state index in [2.05, 4.69) is 36.1 Å². The highest BCUT2D eigenvalue weighted by Crippen LogP contribution is 2.34. The van der Waals surface area contributed by atoms with Crippen LogP contribution in [0.5, 0.6) is 0 Å². The van der Waals surface area contributed by atoms with E-state index in [1.165, 1.54) is 4.63 Å². The highest BCUT2D eigenvalue weighted by Gasteiger charge is 2.29. The van der Waals surface area contributed by atoms with Gasteiger partial charge in [0.2, 0.25) is 0 Å². The van der Waals surface area contributed by atoms with Gasteiger partial charge in [0.1, 0.15) is 17.1 Å². The molecule has 2 aromatic carbocycles. The van der Waals surface area contributed by atoms with Gasteiger partial charge in [-0.3, -0.25) is 5.43 Å². The molecule has 0 spiro atoms. The van der Waals surface area contributed by atoms with Gasteiger partial charge in [0, 0.05) is 11.1 Å². The number of nitrogens with zero attached hydrogens (tertiary/aromatic N) is 7. The van der Waals surface area contributed by atoms with Gasteiger partial charge in [-0.15, -0.1) is 5.10 Å². The Morgan fingerprint density at radius 1 is 0.875 bits per heavy atom. The van der Waals surface area contributed by atoms with E-state index in [0.29, 0.717) is 17.2 Å². The molecule has 4 aromatic rings. The van der Waals surface area contributed by atoms with Crippen LogP contribution in [0.2, 0.25) is 0 Å². The summed E-state index contributed by atoms with van der Waals surface area (Å²) in [5, 5.41) is 20.3. The third-order valence-electron chi connectivity index (χ3n) is 3.80. The van der Waals surface area contributed by atoms with Crippen LogP contribution in [-0.2, 0) is 0 Å². The molecule has 8 heteroatoms. The zero-order valence-corrected chi connectivity index (χ0v) is 12.3. The van der Waals surface area contributed by atoms with Gasteiger partial charge in [-0.05, 0) is 22.6 Å². The molecule has 2 aromatic heterocycles. The van der Waals surface area contributed by atoms with Gasteiger partial charge in [0.25, 0.3) is 5.78 Å². The van der Waals surface area contributed by atoms with Crippen LogP contribution in [0.1, 0.15) is 11.3 Å². The van der Waals surface area contributed by atoms with E-state index >= 15 is 0 Å². The molecule has 2 heterocycles. The summed E-state index contributed by atoms with van der Waals surface area (Å²) >= 11 is 0. The summed E-state index contributed by atoms with van der Waals surface area (Å²) in [4.78, 5) is 4.52. The molecule has 114 valence electrons. The number of nitrogens with one attached hydrogen (secondary N) is 1. The van der Waals surface area contributed by atoms with Crippen molar-refractivity contribution in [2.45, 2.75) is 0 Å².